The number of carbonyl (C=O) groups excluding carboxylic acids is 1. The Morgan fingerprint density at radius 1 is 0.933 bits per heavy atom. The highest BCUT2D eigenvalue weighted by Crippen LogP contribution is 2.64. The summed E-state index contributed by atoms with van der Waals surface area (Å²) in [5.74, 6) is -1.54. The predicted octanol–water partition coefficient (Wildman–Crippen LogP) is 8.07. The number of hydrogen-bond donors (Lipinski definition) is 1. The molecule has 1 atom stereocenters. The lowest BCUT2D eigenvalue weighted by molar-refractivity contribution is -0.384. The zero-order valence-corrected chi connectivity index (χ0v) is 28.1. The lowest BCUT2D eigenvalue weighted by Crippen LogP contribution is -2.31. The molecule has 10 nitrogen and oxygen atoms in total. The van der Waals surface area contributed by atoms with Crippen molar-refractivity contribution in [2.45, 2.75) is 78.7 Å². The first kappa shape index (κ1) is 36.2. The number of hydrogen-bond acceptors (Lipinski definition) is 9. The molecule has 1 heterocycles. The van der Waals surface area contributed by atoms with E-state index in [1.807, 2.05) is 37.4 Å². The Bertz CT molecular complexity index is 1380. The van der Waals surface area contributed by atoms with Crippen molar-refractivity contribution in [2.24, 2.45) is 0 Å². The van der Waals surface area contributed by atoms with Gasteiger partial charge in [-0.05, 0) is 44.9 Å². The number of non-ortho nitro benzene ring substituents is 1. The average molecular weight is 642 g/mol. The standard InChI is InChI=1S/C34H48N3O7P/c1-6-8-13-21-43-45(41,44-22-14-9-7-2)33-27(4)35-26(3)31(32(33)29-18-15-19-30(24-29)37(39)40)34(38)42-23-20-36(5)25-28-16-11-10-12-17-28/h10-12,15-19,24,32,35H,6-9,13-14,20-23,25H2,1-5H3. The van der Waals surface area contributed by atoms with E-state index in [0.29, 0.717) is 42.9 Å². The van der Waals surface area contributed by atoms with Crippen LogP contribution >= 0.6 is 7.60 Å². The van der Waals surface area contributed by atoms with Gasteiger partial charge in [-0.25, -0.2) is 4.79 Å². The van der Waals surface area contributed by atoms with Crippen LogP contribution in [-0.4, -0.2) is 49.2 Å². The van der Waals surface area contributed by atoms with Crippen LogP contribution in [0.5, 0.6) is 0 Å². The van der Waals surface area contributed by atoms with Gasteiger partial charge in [0.1, 0.15) is 6.61 Å². The molecule has 2 aromatic rings. The summed E-state index contributed by atoms with van der Waals surface area (Å²) in [5, 5.41) is 15.3. The molecule has 3 rings (SSSR count). The maximum Gasteiger partial charge on any atom is 0.360 e. The Balaban J connectivity index is 1.97. The summed E-state index contributed by atoms with van der Waals surface area (Å²) >= 11 is 0. The van der Waals surface area contributed by atoms with Gasteiger partial charge in [0.15, 0.2) is 0 Å². The summed E-state index contributed by atoms with van der Waals surface area (Å²) in [5.41, 5.74) is 2.69. The first-order chi connectivity index (χ1) is 21.6. The number of nitro benzene ring substituents is 1. The van der Waals surface area contributed by atoms with Crippen molar-refractivity contribution in [3.8, 4) is 0 Å². The van der Waals surface area contributed by atoms with E-state index in [4.69, 9.17) is 13.8 Å². The second-order valence-corrected chi connectivity index (χ2v) is 13.4. The van der Waals surface area contributed by atoms with Gasteiger partial charge in [0.2, 0.25) is 0 Å². The molecule has 1 unspecified atom stereocenters. The third-order valence-corrected chi connectivity index (χ3v) is 9.90. The highest BCUT2D eigenvalue weighted by Gasteiger charge is 2.45. The molecule has 0 amide bonds. The van der Waals surface area contributed by atoms with E-state index >= 15 is 0 Å². The minimum absolute atomic E-state index is 0.122. The molecular formula is C34H48N3O7P. The highest BCUT2D eigenvalue weighted by atomic mass is 31.2. The van der Waals surface area contributed by atoms with Gasteiger partial charge in [0.05, 0.1) is 34.9 Å². The number of dihydropyridines is 1. The number of likely N-dealkylation sites (N-methyl/N-ethyl adjacent to an activating group) is 1. The molecule has 11 heteroatoms. The predicted molar refractivity (Wildman–Crippen MR) is 177 cm³/mol. The number of nitro groups is 1. The second-order valence-electron chi connectivity index (χ2n) is 11.4. The Morgan fingerprint density at radius 2 is 1.58 bits per heavy atom. The van der Waals surface area contributed by atoms with E-state index in [1.165, 1.54) is 12.1 Å². The van der Waals surface area contributed by atoms with Crippen molar-refractivity contribution < 1.29 is 28.1 Å². The van der Waals surface area contributed by atoms with Gasteiger partial charge in [-0.1, -0.05) is 82.0 Å². The summed E-state index contributed by atoms with van der Waals surface area (Å²) in [7, 11) is -2.03. The van der Waals surface area contributed by atoms with Crippen molar-refractivity contribution in [3.05, 3.63) is 98.1 Å². The van der Waals surface area contributed by atoms with Gasteiger partial charge >= 0.3 is 13.6 Å². The topological polar surface area (TPSA) is 120 Å². The SMILES string of the molecule is CCCCCOP(=O)(OCCCCC)C1=C(C)NC(C)=C(C(=O)OCCN(C)Cc2ccccc2)C1c1cccc([N+](=O)[O-])c1. The van der Waals surface area contributed by atoms with Gasteiger partial charge in [-0.3, -0.25) is 19.6 Å². The first-order valence-corrected chi connectivity index (χ1v) is 17.4. The summed E-state index contributed by atoms with van der Waals surface area (Å²) in [6, 6.07) is 16.1. The molecule has 1 aliphatic heterocycles. The van der Waals surface area contributed by atoms with Gasteiger partial charge in [-0.15, -0.1) is 0 Å². The fourth-order valence-corrected chi connectivity index (χ4v) is 7.51. The van der Waals surface area contributed by atoms with E-state index in [1.54, 1.807) is 26.0 Å². The van der Waals surface area contributed by atoms with E-state index < -0.39 is 24.4 Å². The number of carbonyl (C=O) groups is 1. The van der Waals surface area contributed by atoms with Crippen LogP contribution in [0.15, 0.2) is 76.9 Å². The molecule has 246 valence electrons. The molecule has 45 heavy (non-hydrogen) atoms. The van der Waals surface area contributed by atoms with Crippen LogP contribution in [0.4, 0.5) is 5.69 Å². The second kappa shape index (κ2) is 18.0. The minimum Gasteiger partial charge on any atom is -0.461 e. The number of nitrogens with zero attached hydrogens (tertiary/aromatic N) is 2. The summed E-state index contributed by atoms with van der Waals surface area (Å²) < 4.78 is 32.8. The Labute approximate surface area is 267 Å². The van der Waals surface area contributed by atoms with E-state index in [2.05, 4.69) is 24.1 Å². The third kappa shape index (κ3) is 10.4. The van der Waals surface area contributed by atoms with Crippen molar-refractivity contribution in [3.63, 3.8) is 0 Å². The normalized spacial score (nSPS) is 15.4. The molecule has 0 spiro atoms. The smallest absolute Gasteiger partial charge is 0.360 e. The molecule has 2 aromatic carbocycles. The zero-order valence-electron chi connectivity index (χ0n) is 27.3. The monoisotopic (exact) mass is 641 g/mol. The van der Waals surface area contributed by atoms with E-state index in [0.717, 1.165) is 31.2 Å². The van der Waals surface area contributed by atoms with Crippen molar-refractivity contribution in [2.75, 3.05) is 33.4 Å². The number of nitrogens with one attached hydrogen (secondary N) is 1. The van der Waals surface area contributed by atoms with Crippen LogP contribution in [-0.2, 0) is 29.7 Å². The molecule has 0 aromatic heterocycles. The largest absolute Gasteiger partial charge is 0.461 e. The highest BCUT2D eigenvalue weighted by molar-refractivity contribution is 7.58. The fraction of sp³-hybridized carbons (Fsp3) is 0.500. The number of allylic oxidation sites excluding steroid dienone is 3. The molecule has 1 aliphatic rings. The Morgan fingerprint density at radius 3 is 2.18 bits per heavy atom. The number of esters is 1. The number of benzene rings is 2. The fourth-order valence-electron chi connectivity index (χ4n) is 5.36. The number of ether oxygens (including phenoxy) is 1. The Kier molecular flexibility index (Phi) is 14.5. The summed E-state index contributed by atoms with van der Waals surface area (Å²) in [6.07, 6.45) is 5.11. The van der Waals surface area contributed by atoms with Crippen LogP contribution in [0, 0.1) is 10.1 Å². The van der Waals surface area contributed by atoms with Crippen molar-refractivity contribution in [1.29, 1.82) is 0 Å². The molecule has 0 aliphatic carbocycles. The molecule has 0 saturated heterocycles. The van der Waals surface area contributed by atoms with Gasteiger partial charge in [0, 0.05) is 36.6 Å². The van der Waals surface area contributed by atoms with Crippen molar-refractivity contribution >= 4 is 19.3 Å². The number of rotatable bonds is 19. The van der Waals surface area contributed by atoms with Crippen LogP contribution < -0.4 is 5.32 Å². The molecule has 0 bridgehead atoms. The molecule has 0 radical (unpaired) electrons. The molecule has 0 fully saturated rings. The summed E-state index contributed by atoms with van der Waals surface area (Å²) in [4.78, 5) is 27.2. The average Bonchev–Trinajstić information content (AvgIpc) is 3.01. The third-order valence-electron chi connectivity index (χ3n) is 7.67. The van der Waals surface area contributed by atoms with Crippen LogP contribution in [0.1, 0.15) is 83.3 Å². The van der Waals surface area contributed by atoms with Crippen molar-refractivity contribution in [1.82, 2.24) is 10.2 Å². The zero-order chi connectivity index (χ0) is 32.8. The minimum atomic E-state index is -3.98. The maximum atomic E-state index is 14.8. The molecular weight excluding hydrogens is 593 g/mol. The van der Waals surface area contributed by atoms with Gasteiger partial charge in [0.25, 0.3) is 5.69 Å². The quantitative estimate of drug-likeness (QED) is 0.0534. The number of unbranched alkanes of at least 4 members (excludes halogenated alkanes) is 4. The molecule has 1 N–H and O–H groups in total. The summed E-state index contributed by atoms with van der Waals surface area (Å²) in [6.45, 7) is 9.39. The van der Waals surface area contributed by atoms with Gasteiger partial charge < -0.3 is 19.1 Å². The lowest BCUT2D eigenvalue weighted by atomic mass is 9.86. The maximum absolute atomic E-state index is 14.8. The first-order valence-electron chi connectivity index (χ1n) is 15.8. The van der Waals surface area contributed by atoms with Crippen LogP contribution in [0.25, 0.3) is 0 Å². The van der Waals surface area contributed by atoms with Crippen LogP contribution in [0.3, 0.4) is 0 Å². The van der Waals surface area contributed by atoms with E-state index in [9.17, 15) is 19.5 Å². The van der Waals surface area contributed by atoms with E-state index in [-0.39, 0.29) is 36.4 Å². The van der Waals surface area contributed by atoms with Crippen LogP contribution in [0.2, 0.25) is 0 Å². The molecule has 0 saturated carbocycles. The Hall–Kier alpha value is -3.30. The van der Waals surface area contributed by atoms with Gasteiger partial charge in [-0.2, -0.15) is 0 Å². The lowest BCUT2D eigenvalue weighted by Gasteiger charge is -2.34.